The first kappa shape index (κ1) is 17.4. The summed E-state index contributed by atoms with van der Waals surface area (Å²) in [5.74, 6) is 1.47. The number of hydrogen-bond donors (Lipinski definition) is 2. The highest BCUT2D eigenvalue weighted by Crippen LogP contribution is 2.39. The number of nitrogen functional groups attached to an aromatic ring is 1. The van der Waals surface area contributed by atoms with E-state index in [4.69, 9.17) is 15.2 Å². The van der Waals surface area contributed by atoms with Gasteiger partial charge in [-0.3, -0.25) is 4.79 Å². The van der Waals surface area contributed by atoms with E-state index in [9.17, 15) is 4.79 Å². The molecule has 0 saturated heterocycles. The summed E-state index contributed by atoms with van der Waals surface area (Å²) in [5, 5.41) is 2.92. The van der Waals surface area contributed by atoms with Gasteiger partial charge in [-0.25, -0.2) is 0 Å². The van der Waals surface area contributed by atoms with Crippen LogP contribution in [0.5, 0.6) is 11.5 Å². The number of carbonyl (C=O) groups is 1. The second kappa shape index (κ2) is 7.23. The number of anilines is 2. The molecule has 5 nitrogen and oxygen atoms in total. The molecule has 1 amide bonds. The van der Waals surface area contributed by atoms with Crippen molar-refractivity contribution >= 4 is 29.7 Å². The lowest BCUT2D eigenvalue weighted by Gasteiger charge is -2.25. The maximum Gasteiger partial charge on any atom is 0.231 e. The van der Waals surface area contributed by atoms with E-state index in [0.717, 1.165) is 19.3 Å². The standard InChI is InChI=1S/C19H20N2O3.ClH/c20-15-9-17-18(24-11-23-17)10-16(15)21-19(22)8-13-6-3-5-12-4-1-2-7-14(12)13;/h1-2,4,7,9-10,13H,3,5-6,8,11,20H2,(H,21,22);1H. The van der Waals surface area contributed by atoms with Gasteiger partial charge >= 0.3 is 0 Å². The molecule has 25 heavy (non-hydrogen) atoms. The number of amides is 1. The van der Waals surface area contributed by atoms with Gasteiger partial charge in [0.05, 0.1) is 11.4 Å². The molecule has 1 aliphatic heterocycles. The quantitative estimate of drug-likeness (QED) is 0.815. The number of nitrogens with one attached hydrogen (secondary N) is 1. The number of ether oxygens (including phenoxy) is 2. The van der Waals surface area contributed by atoms with Crippen molar-refractivity contribution in [3.05, 3.63) is 47.5 Å². The molecule has 0 bridgehead atoms. The van der Waals surface area contributed by atoms with E-state index in [1.54, 1.807) is 12.1 Å². The van der Waals surface area contributed by atoms with E-state index >= 15 is 0 Å². The minimum absolute atomic E-state index is 0. The SMILES string of the molecule is Cl.Nc1cc2c(cc1NC(=O)CC1CCCc3ccccc31)OCO2. The molecular formula is C19H21ClN2O3. The molecule has 1 heterocycles. The van der Waals surface area contributed by atoms with Crippen LogP contribution in [0, 0.1) is 0 Å². The van der Waals surface area contributed by atoms with Crippen molar-refractivity contribution in [2.45, 2.75) is 31.6 Å². The summed E-state index contributed by atoms with van der Waals surface area (Å²) in [5.41, 5.74) is 9.73. The summed E-state index contributed by atoms with van der Waals surface area (Å²) in [6.07, 6.45) is 3.73. The average Bonchev–Trinajstić information content (AvgIpc) is 3.02. The summed E-state index contributed by atoms with van der Waals surface area (Å²) in [4.78, 5) is 12.5. The minimum Gasteiger partial charge on any atom is -0.454 e. The van der Waals surface area contributed by atoms with Gasteiger partial charge in [-0.1, -0.05) is 24.3 Å². The third-order valence-electron chi connectivity index (χ3n) is 4.74. The lowest BCUT2D eigenvalue weighted by Crippen LogP contribution is -2.19. The predicted octanol–water partition coefficient (Wildman–Crippen LogP) is 3.87. The van der Waals surface area contributed by atoms with Crippen molar-refractivity contribution in [2.75, 3.05) is 17.8 Å². The maximum absolute atomic E-state index is 12.5. The van der Waals surface area contributed by atoms with Crippen LogP contribution in [0.4, 0.5) is 11.4 Å². The number of hydrogen-bond acceptors (Lipinski definition) is 4. The largest absolute Gasteiger partial charge is 0.454 e. The molecule has 1 aliphatic carbocycles. The zero-order chi connectivity index (χ0) is 16.5. The molecule has 2 aromatic carbocycles. The lowest BCUT2D eigenvalue weighted by atomic mass is 9.81. The zero-order valence-electron chi connectivity index (χ0n) is 13.8. The Morgan fingerprint density at radius 1 is 1.20 bits per heavy atom. The Hall–Kier alpha value is -2.40. The van der Waals surface area contributed by atoms with Gasteiger partial charge in [0.25, 0.3) is 0 Å². The van der Waals surface area contributed by atoms with Crippen LogP contribution in [0.2, 0.25) is 0 Å². The normalized spacial score (nSPS) is 17.4. The molecule has 3 N–H and O–H groups in total. The van der Waals surface area contributed by atoms with Crippen molar-refractivity contribution in [3.63, 3.8) is 0 Å². The Labute approximate surface area is 152 Å². The highest BCUT2D eigenvalue weighted by molar-refractivity contribution is 5.95. The first-order valence-electron chi connectivity index (χ1n) is 8.27. The zero-order valence-corrected chi connectivity index (χ0v) is 14.6. The highest BCUT2D eigenvalue weighted by atomic mass is 35.5. The first-order chi connectivity index (χ1) is 11.7. The number of aryl methyl sites for hydroxylation is 1. The Bertz CT molecular complexity index is 794. The van der Waals surface area contributed by atoms with Crippen LogP contribution in [0.15, 0.2) is 36.4 Å². The van der Waals surface area contributed by atoms with Crippen molar-refractivity contribution in [2.24, 2.45) is 0 Å². The van der Waals surface area contributed by atoms with Crippen LogP contribution in [0.1, 0.15) is 36.3 Å². The molecular weight excluding hydrogens is 340 g/mol. The van der Waals surface area contributed by atoms with Crippen LogP contribution in [-0.2, 0) is 11.2 Å². The van der Waals surface area contributed by atoms with Gasteiger partial charge in [-0.05, 0) is 36.3 Å². The van der Waals surface area contributed by atoms with Gasteiger partial charge in [-0.2, -0.15) is 0 Å². The summed E-state index contributed by atoms with van der Waals surface area (Å²) in [7, 11) is 0. The number of halogens is 1. The van der Waals surface area contributed by atoms with Gasteiger partial charge < -0.3 is 20.5 Å². The van der Waals surface area contributed by atoms with Crippen LogP contribution in [0.25, 0.3) is 0 Å². The predicted molar refractivity (Wildman–Crippen MR) is 99.6 cm³/mol. The topological polar surface area (TPSA) is 73.6 Å². The summed E-state index contributed by atoms with van der Waals surface area (Å²) < 4.78 is 10.6. The Balaban J connectivity index is 0.00000182. The minimum atomic E-state index is -0.0257. The van der Waals surface area contributed by atoms with Crippen molar-refractivity contribution in [3.8, 4) is 11.5 Å². The van der Waals surface area contributed by atoms with Gasteiger partial charge in [0, 0.05) is 18.6 Å². The molecule has 0 saturated carbocycles. The van der Waals surface area contributed by atoms with Gasteiger partial charge in [0.1, 0.15) is 0 Å². The Kier molecular flexibility index (Phi) is 5.04. The second-order valence-corrected chi connectivity index (χ2v) is 6.33. The number of rotatable bonds is 3. The average molecular weight is 361 g/mol. The molecule has 0 fully saturated rings. The van der Waals surface area contributed by atoms with E-state index in [0.29, 0.717) is 29.3 Å². The number of benzene rings is 2. The molecule has 0 radical (unpaired) electrons. The monoisotopic (exact) mass is 360 g/mol. The summed E-state index contributed by atoms with van der Waals surface area (Å²) in [6.45, 7) is 0.186. The first-order valence-corrected chi connectivity index (χ1v) is 8.27. The molecule has 132 valence electrons. The third kappa shape index (κ3) is 3.51. The molecule has 1 unspecified atom stereocenters. The maximum atomic E-state index is 12.5. The van der Waals surface area contributed by atoms with Crippen LogP contribution in [0.3, 0.4) is 0 Å². The molecule has 0 aromatic heterocycles. The van der Waals surface area contributed by atoms with Crippen molar-refractivity contribution in [1.29, 1.82) is 0 Å². The van der Waals surface area contributed by atoms with Crippen LogP contribution >= 0.6 is 12.4 Å². The summed E-state index contributed by atoms with van der Waals surface area (Å²) in [6, 6.07) is 11.8. The summed E-state index contributed by atoms with van der Waals surface area (Å²) >= 11 is 0. The molecule has 2 aromatic rings. The van der Waals surface area contributed by atoms with E-state index in [-0.39, 0.29) is 31.0 Å². The number of fused-ring (bicyclic) bond motifs is 2. The van der Waals surface area contributed by atoms with Crippen LogP contribution in [-0.4, -0.2) is 12.7 Å². The van der Waals surface area contributed by atoms with Gasteiger partial charge in [0.15, 0.2) is 11.5 Å². The van der Waals surface area contributed by atoms with Crippen LogP contribution < -0.4 is 20.5 Å². The molecule has 1 atom stereocenters. The molecule has 2 aliphatic rings. The lowest BCUT2D eigenvalue weighted by molar-refractivity contribution is -0.116. The highest BCUT2D eigenvalue weighted by Gasteiger charge is 2.23. The van der Waals surface area contributed by atoms with E-state index in [1.807, 2.05) is 6.07 Å². The van der Waals surface area contributed by atoms with Crippen molar-refractivity contribution in [1.82, 2.24) is 0 Å². The molecule has 6 heteroatoms. The van der Waals surface area contributed by atoms with Gasteiger partial charge in [0.2, 0.25) is 12.7 Å². The smallest absolute Gasteiger partial charge is 0.231 e. The van der Waals surface area contributed by atoms with Crippen molar-refractivity contribution < 1.29 is 14.3 Å². The van der Waals surface area contributed by atoms with Gasteiger partial charge in [-0.15, -0.1) is 12.4 Å². The molecule has 0 spiro atoms. The fraction of sp³-hybridized carbons (Fsp3) is 0.316. The Morgan fingerprint density at radius 2 is 1.96 bits per heavy atom. The Morgan fingerprint density at radius 3 is 2.80 bits per heavy atom. The van der Waals surface area contributed by atoms with E-state index < -0.39 is 0 Å². The number of carbonyl (C=O) groups excluding carboxylic acids is 1. The second-order valence-electron chi connectivity index (χ2n) is 6.33. The third-order valence-corrected chi connectivity index (χ3v) is 4.74. The fourth-order valence-electron chi connectivity index (χ4n) is 3.56. The fourth-order valence-corrected chi connectivity index (χ4v) is 3.56. The number of nitrogens with two attached hydrogens (primary N) is 1. The van der Waals surface area contributed by atoms with E-state index in [2.05, 4.69) is 23.5 Å². The molecule has 4 rings (SSSR count). The van der Waals surface area contributed by atoms with E-state index in [1.165, 1.54) is 11.1 Å².